The van der Waals surface area contributed by atoms with E-state index in [1.54, 1.807) is 24.3 Å². The number of rotatable bonds is 6. The second-order valence-corrected chi connectivity index (χ2v) is 12.4. The van der Waals surface area contributed by atoms with E-state index in [0.717, 1.165) is 41.5 Å². The maximum Gasteiger partial charge on any atom is 0.311 e. The summed E-state index contributed by atoms with van der Waals surface area (Å²) >= 11 is 8.03. The highest BCUT2D eigenvalue weighted by molar-refractivity contribution is 9.10. The standard InChI is InChI=1S/C30H25Br2NO4/c1-2-3-4-13-24(34)37-19-16-14-18(15-17-19)33-27(35)25-26(28(33)36)30(32)21-10-6-5-9-20(21)29(25,31)22-11-7-8-12-23(22)30/h5-12,14-17,25-26H,2-4,13H2,1H3/t25-,26+,29?,30?. The van der Waals surface area contributed by atoms with E-state index in [1.807, 2.05) is 48.5 Å². The van der Waals surface area contributed by atoms with Crippen LogP contribution in [0.2, 0.25) is 0 Å². The Labute approximate surface area is 232 Å². The second-order valence-electron chi connectivity index (χ2n) is 9.91. The van der Waals surface area contributed by atoms with Crippen LogP contribution >= 0.6 is 31.9 Å². The van der Waals surface area contributed by atoms with E-state index in [-0.39, 0.29) is 17.8 Å². The molecule has 1 fully saturated rings. The van der Waals surface area contributed by atoms with Crippen molar-refractivity contribution in [3.63, 3.8) is 0 Å². The molecule has 0 aromatic heterocycles. The summed E-state index contributed by atoms with van der Waals surface area (Å²) in [4.78, 5) is 41.6. The van der Waals surface area contributed by atoms with E-state index >= 15 is 0 Å². The molecule has 0 unspecified atom stereocenters. The summed E-state index contributed by atoms with van der Waals surface area (Å²) in [7, 11) is 0. The minimum absolute atomic E-state index is 0.246. The zero-order chi connectivity index (χ0) is 25.9. The van der Waals surface area contributed by atoms with E-state index in [9.17, 15) is 14.4 Å². The first kappa shape index (κ1) is 24.6. The van der Waals surface area contributed by atoms with Crippen molar-refractivity contribution in [2.75, 3.05) is 4.90 Å². The third-order valence-electron chi connectivity index (χ3n) is 7.90. The molecular formula is C30H25Br2NO4. The van der Waals surface area contributed by atoms with Crippen molar-refractivity contribution in [3.05, 3.63) is 95.1 Å². The Morgan fingerprint density at radius 3 is 1.68 bits per heavy atom. The number of carbonyl (C=O) groups excluding carboxylic acids is 3. The van der Waals surface area contributed by atoms with E-state index in [2.05, 4.69) is 38.8 Å². The Morgan fingerprint density at radius 1 is 0.784 bits per heavy atom. The Kier molecular flexibility index (Phi) is 5.92. The maximum atomic E-state index is 14.1. The number of unbranched alkanes of at least 4 members (excludes halogenated alkanes) is 2. The van der Waals surface area contributed by atoms with Gasteiger partial charge in [0.15, 0.2) is 0 Å². The molecule has 0 N–H and O–H groups in total. The summed E-state index contributed by atoms with van der Waals surface area (Å²) in [6.07, 6.45) is 3.17. The summed E-state index contributed by atoms with van der Waals surface area (Å²) in [5.41, 5.74) is 4.47. The number of benzene rings is 3. The number of ether oxygens (including phenoxy) is 1. The van der Waals surface area contributed by atoms with Crippen LogP contribution in [0.15, 0.2) is 72.8 Å². The monoisotopic (exact) mass is 621 g/mol. The third-order valence-corrected chi connectivity index (χ3v) is 10.6. The fourth-order valence-corrected chi connectivity index (χ4v) is 8.59. The van der Waals surface area contributed by atoms with Gasteiger partial charge in [-0.3, -0.25) is 14.4 Å². The number of nitrogens with zero attached hydrogens (tertiary/aromatic N) is 1. The van der Waals surface area contributed by atoms with E-state index in [1.165, 1.54) is 4.90 Å². The van der Waals surface area contributed by atoms with Gasteiger partial charge in [0.2, 0.25) is 11.8 Å². The average Bonchev–Trinajstić information content (AvgIpc) is 3.19. The zero-order valence-corrected chi connectivity index (χ0v) is 23.4. The predicted molar refractivity (Wildman–Crippen MR) is 148 cm³/mol. The third kappa shape index (κ3) is 3.36. The lowest BCUT2D eigenvalue weighted by atomic mass is 9.54. The van der Waals surface area contributed by atoms with Crippen LogP contribution in [0.4, 0.5) is 5.69 Å². The molecule has 7 rings (SSSR count). The summed E-state index contributed by atoms with van der Waals surface area (Å²) < 4.78 is 3.80. The van der Waals surface area contributed by atoms with Crippen molar-refractivity contribution in [2.45, 2.75) is 41.3 Å². The van der Waals surface area contributed by atoms with Gasteiger partial charge < -0.3 is 4.74 Å². The number of anilines is 1. The molecule has 1 aliphatic heterocycles. The number of imide groups is 1. The molecule has 3 aliphatic carbocycles. The van der Waals surface area contributed by atoms with Gasteiger partial charge in [0.25, 0.3) is 0 Å². The molecular weight excluding hydrogens is 598 g/mol. The first-order valence-corrected chi connectivity index (χ1v) is 14.2. The second kappa shape index (κ2) is 8.91. The van der Waals surface area contributed by atoms with Crippen molar-refractivity contribution < 1.29 is 19.1 Å². The molecule has 1 heterocycles. The van der Waals surface area contributed by atoms with Crippen molar-refractivity contribution >= 4 is 55.3 Å². The molecule has 1 saturated heterocycles. The molecule has 2 bridgehead atoms. The lowest BCUT2D eigenvalue weighted by Gasteiger charge is -2.55. The van der Waals surface area contributed by atoms with Crippen molar-refractivity contribution in [3.8, 4) is 5.75 Å². The smallest absolute Gasteiger partial charge is 0.311 e. The molecule has 7 heteroatoms. The predicted octanol–water partition coefficient (Wildman–Crippen LogP) is 6.58. The van der Waals surface area contributed by atoms with E-state index in [0.29, 0.717) is 17.9 Å². The molecule has 188 valence electrons. The van der Waals surface area contributed by atoms with Crippen LogP contribution in [-0.4, -0.2) is 17.8 Å². The number of hydrogen-bond donors (Lipinski definition) is 0. The van der Waals surface area contributed by atoms with Crippen LogP contribution in [0.3, 0.4) is 0 Å². The fourth-order valence-electron chi connectivity index (χ4n) is 6.29. The van der Waals surface area contributed by atoms with Gasteiger partial charge >= 0.3 is 5.97 Å². The summed E-state index contributed by atoms with van der Waals surface area (Å²) in [5, 5.41) is 0. The van der Waals surface area contributed by atoms with Gasteiger partial charge in [0.1, 0.15) is 5.75 Å². The van der Waals surface area contributed by atoms with Gasteiger partial charge in [-0.2, -0.15) is 0 Å². The Hall–Kier alpha value is -2.77. The van der Waals surface area contributed by atoms with Gasteiger partial charge in [0, 0.05) is 6.42 Å². The maximum absolute atomic E-state index is 14.1. The highest BCUT2D eigenvalue weighted by Crippen LogP contribution is 2.70. The van der Waals surface area contributed by atoms with Crippen LogP contribution in [-0.2, 0) is 23.0 Å². The van der Waals surface area contributed by atoms with Crippen LogP contribution in [0.25, 0.3) is 0 Å². The molecule has 2 atom stereocenters. The topological polar surface area (TPSA) is 63.7 Å². The molecule has 4 aliphatic rings. The molecule has 3 aromatic carbocycles. The van der Waals surface area contributed by atoms with Gasteiger partial charge in [-0.05, 0) is 52.9 Å². The van der Waals surface area contributed by atoms with Gasteiger partial charge in [-0.25, -0.2) is 4.90 Å². The molecule has 3 aromatic rings. The van der Waals surface area contributed by atoms with Crippen LogP contribution in [0.1, 0.15) is 54.9 Å². The summed E-state index contributed by atoms with van der Waals surface area (Å²) in [6, 6.07) is 22.7. The number of carbonyl (C=O) groups is 3. The Balaban J connectivity index is 1.38. The highest BCUT2D eigenvalue weighted by Gasteiger charge is 2.72. The minimum Gasteiger partial charge on any atom is -0.427 e. The van der Waals surface area contributed by atoms with E-state index in [4.69, 9.17) is 4.74 Å². The molecule has 0 saturated carbocycles. The molecule has 37 heavy (non-hydrogen) atoms. The van der Waals surface area contributed by atoms with Crippen LogP contribution in [0, 0.1) is 11.8 Å². The fraction of sp³-hybridized carbons (Fsp3) is 0.300. The molecule has 0 spiro atoms. The quantitative estimate of drug-likeness (QED) is 0.102. The SMILES string of the molecule is CCCCCC(=O)Oc1ccc(N2C(=O)[C@@H]3[C@H](C2=O)C2(Br)c4ccccc4C3(Br)c3ccccc32)cc1. The van der Waals surface area contributed by atoms with Crippen LogP contribution < -0.4 is 9.64 Å². The lowest BCUT2D eigenvalue weighted by molar-refractivity contribution is -0.134. The average molecular weight is 623 g/mol. The normalized spacial score (nSPS) is 27.1. The summed E-state index contributed by atoms with van der Waals surface area (Å²) in [6.45, 7) is 2.08. The summed E-state index contributed by atoms with van der Waals surface area (Å²) in [5.74, 6) is -1.63. The molecule has 5 nitrogen and oxygen atoms in total. The number of esters is 1. The Bertz CT molecular complexity index is 1310. The number of amides is 2. The molecule has 0 radical (unpaired) electrons. The van der Waals surface area contributed by atoms with Crippen molar-refractivity contribution in [1.82, 2.24) is 0 Å². The zero-order valence-electron chi connectivity index (χ0n) is 20.2. The number of halogens is 2. The molecule has 2 amide bonds. The highest BCUT2D eigenvalue weighted by atomic mass is 79.9. The first-order chi connectivity index (χ1) is 17.8. The largest absolute Gasteiger partial charge is 0.427 e. The van der Waals surface area contributed by atoms with Gasteiger partial charge in [-0.15, -0.1) is 0 Å². The van der Waals surface area contributed by atoms with Crippen LogP contribution in [0.5, 0.6) is 5.75 Å². The van der Waals surface area contributed by atoms with Crippen molar-refractivity contribution in [1.29, 1.82) is 0 Å². The number of hydrogen-bond acceptors (Lipinski definition) is 4. The Morgan fingerprint density at radius 2 is 1.24 bits per heavy atom. The van der Waals surface area contributed by atoms with Gasteiger partial charge in [0.05, 0.1) is 26.2 Å². The lowest BCUT2D eigenvalue weighted by Crippen LogP contribution is -2.56. The van der Waals surface area contributed by atoms with E-state index < -0.39 is 20.5 Å². The van der Waals surface area contributed by atoms with Gasteiger partial charge in [-0.1, -0.05) is 100 Å². The number of alkyl halides is 2. The minimum atomic E-state index is -0.824. The van der Waals surface area contributed by atoms with Crippen molar-refractivity contribution in [2.24, 2.45) is 11.8 Å². The first-order valence-electron chi connectivity index (χ1n) is 12.6.